The Morgan fingerprint density at radius 1 is 0.400 bits per heavy atom. The van der Waals surface area contributed by atoms with Crippen LogP contribution in [0.4, 0.5) is 0 Å². The van der Waals surface area contributed by atoms with E-state index in [1.54, 1.807) is 26.0 Å². The van der Waals surface area contributed by atoms with Crippen molar-refractivity contribution in [2.75, 3.05) is 13.1 Å². The highest BCUT2D eigenvalue weighted by Crippen LogP contribution is 2.34. The predicted octanol–water partition coefficient (Wildman–Crippen LogP) is 5.93. The van der Waals surface area contributed by atoms with Crippen LogP contribution in [-0.4, -0.2) is 48.8 Å². The Morgan fingerprint density at radius 2 is 0.700 bits per heavy atom. The smallest absolute Gasteiger partial charge is 0.251 e. The molecule has 8 nitrogen and oxygen atoms in total. The Balaban J connectivity index is 0.888. The van der Waals surface area contributed by atoms with Gasteiger partial charge in [0, 0.05) is 24.2 Å². The minimum atomic E-state index is -0.863. The molecule has 0 aromatic heterocycles. The highest BCUT2D eigenvalue weighted by molar-refractivity contribution is 7.80. The molecule has 0 bridgehead atoms. The molecule has 4 amide bonds. The third-order valence-electron chi connectivity index (χ3n) is 9.97. The molecule has 10 heteroatoms. The van der Waals surface area contributed by atoms with Crippen LogP contribution < -0.4 is 53.1 Å². The molecular weight excluding hydrogens is 783 g/mol. The van der Waals surface area contributed by atoms with Gasteiger partial charge in [0.25, 0.3) is 11.8 Å². The van der Waals surface area contributed by atoms with Crippen LogP contribution in [0.15, 0.2) is 170 Å². The van der Waals surface area contributed by atoms with Crippen LogP contribution in [0.25, 0.3) is 0 Å². The fraction of sp³-hybridized carbons (Fsp3) is 0.200. The maximum atomic E-state index is 13.3. The first-order valence-corrected chi connectivity index (χ1v) is 23.1. The summed E-state index contributed by atoms with van der Waals surface area (Å²) in [5, 5.41) is 18.5. The van der Waals surface area contributed by atoms with Gasteiger partial charge in [0.2, 0.25) is 11.8 Å². The van der Waals surface area contributed by atoms with Crippen LogP contribution >= 0.6 is 15.8 Å². The molecule has 0 aliphatic rings. The molecule has 6 aromatic rings. The van der Waals surface area contributed by atoms with Crippen molar-refractivity contribution < 1.29 is 19.2 Å². The molecule has 2 atom stereocenters. The lowest BCUT2D eigenvalue weighted by atomic mass is 10.1. The number of rotatable bonds is 19. The first-order chi connectivity index (χ1) is 29.3. The number of benzene rings is 6. The molecule has 0 aliphatic carbocycles. The van der Waals surface area contributed by atoms with Gasteiger partial charge < -0.3 is 21.3 Å². The van der Waals surface area contributed by atoms with Crippen molar-refractivity contribution in [2.45, 2.75) is 51.6 Å². The molecule has 306 valence electrons. The van der Waals surface area contributed by atoms with Gasteiger partial charge >= 0.3 is 0 Å². The zero-order valence-electron chi connectivity index (χ0n) is 34.1. The number of unbranched alkanes of at least 4 members (excludes halogenated alkanes) is 3. The molecule has 6 rings (SSSR count). The zero-order valence-corrected chi connectivity index (χ0v) is 35.9. The maximum absolute atomic E-state index is 13.3. The Hall–Kier alpha value is -5.94. The third-order valence-corrected chi connectivity index (χ3v) is 14.8. The fourth-order valence-corrected chi connectivity index (χ4v) is 11.5. The number of hydrogen-bond donors (Lipinski definition) is 4. The second-order valence-corrected chi connectivity index (χ2v) is 18.9. The summed E-state index contributed by atoms with van der Waals surface area (Å²) in [7, 11) is -1.73. The molecule has 0 heterocycles. The van der Waals surface area contributed by atoms with Gasteiger partial charge in [-0.3, -0.25) is 19.2 Å². The minimum Gasteiger partial charge on any atom is -0.354 e. The van der Waals surface area contributed by atoms with Crippen molar-refractivity contribution in [1.29, 1.82) is 0 Å². The zero-order chi connectivity index (χ0) is 42.1. The number of carbonyl (C=O) groups excluding carboxylic acids is 4. The van der Waals surface area contributed by atoms with E-state index in [-0.39, 0.29) is 23.6 Å². The van der Waals surface area contributed by atoms with Crippen LogP contribution in [0.3, 0.4) is 0 Å². The molecule has 0 saturated heterocycles. The van der Waals surface area contributed by atoms with Gasteiger partial charge in [-0.15, -0.1) is 0 Å². The molecule has 6 aromatic carbocycles. The molecule has 60 heavy (non-hydrogen) atoms. The first kappa shape index (κ1) is 43.6. The van der Waals surface area contributed by atoms with E-state index in [1.807, 2.05) is 97.1 Å². The summed E-state index contributed by atoms with van der Waals surface area (Å²) < 4.78 is 0. The van der Waals surface area contributed by atoms with Gasteiger partial charge in [-0.25, -0.2) is 0 Å². The predicted molar refractivity (Wildman–Crippen MR) is 249 cm³/mol. The Bertz CT molecular complexity index is 2070. The van der Waals surface area contributed by atoms with Crippen LogP contribution in [0.1, 0.15) is 60.2 Å². The average molecular weight is 835 g/mol. The summed E-state index contributed by atoms with van der Waals surface area (Å²) in [5.41, 5.74) is 1.02. The van der Waals surface area contributed by atoms with E-state index in [0.29, 0.717) is 24.2 Å². The van der Waals surface area contributed by atoms with Crippen molar-refractivity contribution in [2.24, 2.45) is 0 Å². The first-order valence-electron chi connectivity index (χ1n) is 20.5. The standard InChI is InChI=1S/C50H52N4O4P2/c1-37(53-49(57)39-21-19-31-45(35-39)59(41-23-9-5-10-24-41)42-25-11-6-12-26-42)47(55)51-33-17-3-4-18-34-52-48(56)38(2)54-50(58)40-22-20-32-46(36-40)60(43-27-13-7-14-28-43)44-29-15-8-16-30-44/h5-16,19-32,35-38H,3-4,17-18,33-34H2,1-2H3,(H,51,55)(H,52,56)(H,53,57)(H,54,58)/t37-,38-/m0/s1. The Kier molecular flexibility index (Phi) is 16.3. The van der Waals surface area contributed by atoms with E-state index in [0.717, 1.165) is 36.3 Å². The van der Waals surface area contributed by atoms with Crippen LogP contribution in [-0.2, 0) is 9.59 Å². The normalized spacial score (nSPS) is 12.0. The largest absolute Gasteiger partial charge is 0.354 e. The molecular formula is C50H52N4O4P2. The molecule has 0 saturated carbocycles. The van der Waals surface area contributed by atoms with Crippen molar-refractivity contribution in [3.05, 3.63) is 181 Å². The van der Waals surface area contributed by atoms with Crippen LogP contribution in [0, 0.1) is 0 Å². The number of nitrogens with one attached hydrogen (secondary N) is 4. The van der Waals surface area contributed by atoms with Crippen molar-refractivity contribution in [3.63, 3.8) is 0 Å². The minimum absolute atomic E-state index is 0.237. The van der Waals surface area contributed by atoms with E-state index in [9.17, 15) is 19.2 Å². The van der Waals surface area contributed by atoms with Crippen LogP contribution in [0.2, 0.25) is 0 Å². The molecule has 4 N–H and O–H groups in total. The van der Waals surface area contributed by atoms with E-state index in [1.165, 1.54) is 21.2 Å². The highest BCUT2D eigenvalue weighted by Gasteiger charge is 2.22. The molecule has 0 unspecified atom stereocenters. The monoisotopic (exact) mass is 834 g/mol. The van der Waals surface area contributed by atoms with Gasteiger partial charge in [0.05, 0.1) is 0 Å². The van der Waals surface area contributed by atoms with Crippen LogP contribution in [0.5, 0.6) is 0 Å². The van der Waals surface area contributed by atoms with Crippen molar-refractivity contribution >= 4 is 71.3 Å². The van der Waals surface area contributed by atoms with Gasteiger partial charge in [-0.05, 0) is 98.6 Å². The molecule has 0 spiro atoms. The van der Waals surface area contributed by atoms with E-state index < -0.39 is 27.9 Å². The summed E-state index contributed by atoms with van der Waals surface area (Å²) in [5.74, 6) is -1.06. The lowest BCUT2D eigenvalue weighted by Gasteiger charge is -2.20. The Morgan fingerprint density at radius 3 is 1.02 bits per heavy atom. The number of hydrogen-bond acceptors (Lipinski definition) is 4. The van der Waals surface area contributed by atoms with E-state index in [2.05, 4.69) is 81.9 Å². The Labute approximate surface area is 356 Å². The molecule has 0 radical (unpaired) electrons. The summed E-state index contributed by atoms with van der Waals surface area (Å²) in [6, 6.07) is 55.2. The second-order valence-electron chi connectivity index (χ2n) is 14.5. The average Bonchev–Trinajstić information content (AvgIpc) is 3.29. The lowest BCUT2D eigenvalue weighted by molar-refractivity contribution is -0.123. The maximum Gasteiger partial charge on any atom is 0.251 e. The summed E-state index contributed by atoms with van der Waals surface area (Å²) in [4.78, 5) is 52.3. The summed E-state index contributed by atoms with van der Waals surface area (Å²) in [6.07, 6.45) is 3.28. The highest BCUT2D eigenvalue weighted by atomic mass is 31.1. The summed E-state index contributed by atoms with van der Waals surface area (Å²) >= 11 is 0. The fourth-order valence-electron chi connectivity index (χ4n) is 6.80. The van der Waals surface area contributed by atoms with E-state index >= 15 is 0 Å². The number of amides is 4. The molecule has 0 aliphatic heterocycles. The van der Waals surface area contributed by atoms with Gasteiger partial charge in [-0.2, -0.15) is 0 Å². The van der Waals surface area contributed by atoms with Gasteiger partial charge in [0.15, 0.2) is 0 Å². The van der Waals surface area contributed by atoms with Gasteiger partial charge in [-0.1, -0.05) is 158 Å². The third kappa shape index (κ3) is 12.3. The molecule has 0 fully saturated rings. The van der Waals surface area contributed by atoms with Crippen molar-refractivity contribution in [3.8, 4) is 0 Å². The van der Waals surface area contributed by atoms with E-state index in [4.69, 9.17) is 0 Å². The van der Waals surface area contributed by atoms with Gasteiger partial charge in [0.1, 0.15) is 12.1 Å². The second kappa shape index (κ2) is 22.4. The lowest BCUT2D eigenvalue weighted by Crippen LogP contribution is -2.45. The quantitative estimate of drug-likeness (QED) is 0.0599. The van der Waals surface area contributed by atoms with Crippen molar-refractivity contribution in [1.82, 2.24) is 21.3 Å². The number of carbonyl (C=O) groups is 4. The SMILES string of the molecule is C[C@H](NC(=O)c1cccc(P(c2ccccc2)c2ccccc2)c1)C(=O)NCCCCCCNC(=O)[C@H](C)NC(=O)c1cccc(P(c2ccccc2)c2ccccc2)c1. The summed E-state index contributed by atoms with van der Waals surface area (Å²) in [6.45, 7) is 4.36. The topological polar surface area (TPSA) is 116 Å².